The predicted molar refractivity (Wildman–Crippen MR) is 60.6 cm³/mol. The lowest BCUT2D eigenvalue weighted by molar-refractivity contribution is 0.821. The molecule has 0 fully saturated rings. The van der Waals surface area contributed by atoms with E-state index in [1.807, 2.05) is 27.7 Å². The second-order valence-corrected chi connectivity index (χ2v) is 4.57. The van der Waals surface area contributed by atoms with Crippen LogP contribution in [0.5, 0.6) is 0 Å². The number of thiazole rings is 1. The molecule has 4 nitrogen and oxygen atoms in total. The fourth-order valence-electron chi connectivity index (χ4n) is 1.17. The van der Waals surface area contributed by atoms with E-state index in [0.717, 1.165) is 21.4 Å². The Morgan fingerprint density at radius 2 is 2.14 bits per heavy atom. The number of aromatic nitrogens is 1. The molecular weight excluding hydrogens is 196 g/mol. The molecule has 0 aliphatic carbocycles. The molecule has 78 valence electrons. The highest BCUT2D eigenvalue weighted by atomic mass is 32.1. The molecule has 1 aromatic heterocycles. The van der Waals surface area contributed by atoms with E-state index in [9.17, 15) is 0 Å². The molecule has 5 heteroatoms. The third-order valence-corrected chi connectivity index (χ3v) is 2.72. The van der Waals surface area contributed by atoms with Crippen LogP contribution in [-0.2, 0) is 0 Å². The fraction of sp³-hybridized carbons (Fsp3) is 0.556. The van der Waals surface area contributed by atoms with Gasteiger partial charge in [0, 0.05) is 6.04 Å². The molecule has 1 heterocycles. The third kappa shape index (κ3) is 2.52. The van der Waals surface area contributed by atoms with Crippen molar-refractivity contribution in [1.29, 1.82) is 0 Å². The van der Waals surface area contributed by atoms with Crippen molar-refractivity contribution in [3.63, 3.8) is 0 Å². The van der Waals surface area contributed by atoms with Gasteiger partial charge in [0.2, 0.25) is 0 Å². The van der Waals surface area contributed by atoms with Gasteiger partial charge in [0.15, 0.2) is 5.84 Å². The van der Waals surface area contributed by atoms with Crippen molar-refractivity contribution in [1.82, 2.24) is 10.4 Å². The summed E-state index contributed by atoms with van der Waals surface area (Å²) in [4.78, 5) is 9.75. The van der Waals surface area contributed by atoms with E-state index in [2.05, 4.69) is 15.4 Å². The van der Waals surface area contributed by atoms with Gasteiger partial charge in [-0.25, -0.2) is 10.8 Å². The van der Waals surface area contributed by atoms with E-state index in [-0.39, 0.29) is 6.04 Å². The lowest BCUT2D eigenvalue weighted by Gasteiger charge is -2.05. The zero-order valence-electron chi connectivity index (χ0n) is 8.96. The number of hydrogen-bond acceptors (Lipinski definition) is 4. The summed E-state index contributed by atoms with van der Waals surface area (Å²) in [5.74, 6) is 6.15. The molecule has 0 spiro atoms. The SMILES string of the molecule is Cc1nc(C)c(C(=NC(C)C)NN)s1. The molecule has 0 aliphatic heterocycles. The Hall–Kier alpha value is -0.940. The number of aliphatic imine (C=N–C) groups is 1. The van der Waals surface area contributed by atoms with Crippen molar-refractivity contribution < 1.29 is 0 Å². The number of rotatable bonds is 2. The summed E-state index contributed by atoms with van der Waals surface area (Å²) in [5, 5.41) is 1.03. The van der Waals surface area contributed by atoms with Crippen molar-refractivity contribution in [2.24, 2.45) is 10.8 Å². The van der Waals surface area contributed by atoms with E-state index < -0.39 is 0 Å². The van der Waals surface area contributed by atoms with Crippen molar-refractivity contribution >= 4 is 17.2 Å². The van der Waals surface area contributed by atoms with E-state index in [1.54, 1.807) is 11.3 Å². The van der Waals surface area contributed by atoms with Crippen LogP contribution in [0.3, 0.4) is 0 Å². The normalized spacial score (nSPS) is 12.3. The largest absolute Gasteiger partial charge is 0.308 e. The molecular formula is C9H16N4S. The zero-order chi connectivity index (χ0) is 10.7. The molecule has 0 radical (unpaired) electrons. The first-order valence-electron chi connectivity index (χ1n) is 4.53. The van der Waals surface area contributed by atoms with Gasteiger partial charge in [-0.2, -0.15) is 0 Å². The second kappa shape index (κ2) is 4.52. The van der Waals surface area contributed by atoms with Gasteiger partial charge in [0.05, 0.1) is 15.6 Å². The summed E-state index contributed by atoms with van der Waals surface area (Å²) >= 11 is 1.60. The molecule has 1 aromatic rings. The molecule has 0 saturated carbocycles. The summed E-state index contributed by atoms with van der Waals surface area (Å²) in [6.45, 7) is 7.97. The summed E-state index contributed by atoms with van der Waals surface area (Å²) < 4.78 is 0. The van der Waals surface area contributed by atoms with Crippen molar-refractivity contribution in [2.75, 3.05) is 0 Å². The number of nitrogens with one attached hydrogen (secondary N) is 1. The predicted octanol–water partition coefficient (Wildman–Crippen LogP) is 1.38. The van der Waals surface area contributed by atoms with Gasteiger partial charge in [0.1, 0.15) is 0 Å². The summed E-state index contributed by atoms with van der Waals surface area (Å²) in [6.07, 6.45) is 0. The summed E-state index contributed by atoms with van der Waals surface area (Å²) in [6, 6.07) is 0.225. The molecule has 1 rings (SSSR count). The van der Waals surface area contributed by atoms with Crippen LogP contribution in [-0.4, -0.2) is 16.9 Å². The lowest BCUT2D eigenvalue weighted by atomic mass is 10.3. The van der Waals surface area contributed by atoms with Gasteiger partial charge in [-0.3, -0.25) is 4.99 Å². The fourth-order valence-corrected chi connectivity index (χ4v) is 2.05. The van der Waals surface area contributed by atoms with E-state index in [0.29, 0.717) is 0 Å². The van der Waals surface area contributed by atoms with Crippen molar-refractivity contribution in [3.8, 4) is 0 Å². The van der Waals surface area contributed by atoms with Crippen LogP contribution in [0.25, 0.3) is 0 Å². The van der Waals surface area contributed by atoms with E-state index >= 15 is 0 Å². The van der Waals surface area contributed by atoms with Gasteiger partial charge < -0.3 is 5.43 Å². The molecule has 0 atom stereocenters. The highest BCUT2D eigenvalue weighted by Gasteiger charge is 2.10. The van der Waals surface area contributed by atoms with Gasteiger partial charge in [-0.15, -0.1) is 11.3 Å². The van der Waals surface area contributed by atoms with Crippen LogP contribution in [0, 0.1) is 13.8 Å². The van der Waals surface area contributed by atoms with Crippen LogP contribution in [0.1, 0.15) is 29.4 Å². The average Bonchev–Trinajstić information content (AvgIpc) is 2.41. The van der Waals surface area contributed by atoms with Crippen LogP contribution < -0.4 is 11.3 Å². The Bertz CT molecular complexity index is 341. The Morgan fingerprint density at radius 3 is 2.50 bits per heavy atom. The average molecular weight is 212 g/mol. The van der Waals surface area contributed by atoms with Crippen molar-refractivity contribution in [3.05, 3.63) is 15.6 Å². The highest BCUT2D eigenvalue weighted by Crippen LogP contribution is 2.17. The molecule has 0 saturated heterocycles. The standard InChI is InChI=1S/C9H16N4S/c1-5(2)11-9(13-10)8-6(3)12-7(4)14-8/h5H,10H2,1-4H3,(H,11,13). The maximum Gasteiger partial charge on any atom is 0.154 e. The Morgan fingerprint density at radius 1 is 1.50 bits per heavy atom. The van der Waals surface area contributed by atoms with Gasteiger partial charge >= 0.3 is 0 Å². The van der Waals surface area contributed by atoms with Gasteiger partial charge in [-0.1, -0.05) is 0 Å². The zero-order valence-corrected chi connectivity index (χ0v) is 9.77. The number of nitrogens with zero attached hydrogens (tertiary/aromatic N) is 2. The molecule has 3 N–H and O–H groups in total. The first-order chi connectivity index (χ1) is 6.54. The molecule has 0 unspecified atom stereocenters. The van der Waals surface area contributed by atoms with Crippen LogP contribution in [0.15, 0.2) is 4.99 Å². The first kappa shape index (κ1) is 11.1. The molecule has 0 amide bonds. The quantitative estimate of drug-likeness (QED) is 0.337. The van der Waals surface area contributed by atoms with E-state index in [4.69, 9.17) is 5.84 Å². The number of hydrogen-bond donors (Lipinski definition) is 2. The molecule has 0 aliphatic rings. The number of nitrogens with two attached hydrogens (primary N) is 1. The number of amidine groups is 1. The van der Waals surface area contributed by atoms with Crippen LogP contribution >= 0.6 is 11.3 Å². The maximum absolute atomic E-state index is 5.43. The summed E-state index contributed by atoms with van der Waals surface area (Å²) in [7, 11) is 0. The Balaban J connectivity index is 3.06. The monoisotopic (exact) mass is 212 g/mol. The minimum Gasteiger partial charge on any atom is -0.308 e. The Labute approximate surface area is 88.2 Å². The summed E-state index contributed by atoms with van der Waals surface area (Å²) in [5.41, 5.74) is 3.60. The molecule has 0 aromatic carbocycles. The first-order valence-corrected chi connectivity index (χ1v) is 5.35. The maximum atomic E-state index is 5.43. The lowest BCUT2D eigenvalue weighted by Crippen LogP contribution is -2.31. The van der Waals surface area contributed by atoms with Crippen LogP contribution in [0.4, 0.5) is 0 Å². The highest BCUT2D eigenvalue weighted by molar-refractivity contribution is 7.13. The van der Waals surface area contributed by atoms with E-state index in [1.165, 1.54) is 0 Å². The van der Waals surface area contributed by atoms with Gasteiger partial charge in [0.25, 0.3) is 0 Å². The molecule has 14 heavy (non-hydrogen) atoms. The second-order valence-electron chi connectivity index (χ2n) is 3.36. The number of aryl methyl sites for hydroxylation is 2. The Kier molecular flexibility index (Phi) is 3.60. The van der Waals surface area contributed by atoms with Crippen molar-refractivity contribution in [2.45, 2.75) is 33.7 Å². The molecule has 0 bridgehead atoms. The topological polar surface area (TPSA) is 63.3 Å². The minimum atomic E-state index is 0.225. The van der Waals surface area contributed by atoms with Crippen LogP contribution in [0.2, 0.25) is 0 Å². The third-order valence-electron chi connectivity index (χ3n) is 1.64. The smallest absolute Gasteiger partial charge is 0.154 e. The van der Waals surface area contributed by atoms with Gasteiger partial charge in [-0.05, 0) is 27.7 Å². The minimum absolute atomic E-state index is 0.225. The number of hydrazine groups is 1.